The largest absolute Gasteiger partial charge is 0.497 e. The smallest absolute Gasteiger partial charge is 0.338 e. The molecule has 1 amide bonds. The Labute approximate surface area is 127 Å². The van der Waals surface area contributed by atoms with Crippen LogP contribution in [0.4, 0.5) is 5.82 Å². The first-order valence-corrected chi connectivity index (χ1v) is 6.59. The summed E-state index contributed by atoms with van der Waals surface area (Å²) in [5, 5.41) is 6.13. The molecule has 0 saturated heterocycles. The van der Waals surface area contributed by atoms with Gasteiger partial charge in [0, 0.05) is 6.07 Å². The molecule has 1 aromatic carbocycles. The van der Waals surface area contributed by atoms with Gasteiger partial charge in [0.1, 0.15) is 11.5 Å². The van der Waals surface area contributed by atoms with E-state index in [9.17, 15) is 9.59 Å². The topological polar surface area (TPSA) is 90.7 Å². The van der Waals surface area contributed by atoms with Crippen LogP contribution in [0.15, 0.2) is 34.9 Å². The fourth-order valence-corrected chi connectivity index (χ4v) is 1.66. The molecule has 7 heteroatoms. The van der Waals surface area contributed by atoms with Gasteiger partial charge in [-0.25, -0.2) is 4.79 Å². The number of hydrogen-bond donors (Lipinski definition) is 1. The fourth-order valence-electron chi connectivity index (χ4n) is 1.66. The third kappa shape index (κ3) is 3.85. The van der Waals surface area contributed by atoms with Crippen molar-refractivity contribution in [3.63, 3.8) is 0 Å². The monoisotopic (exact) mass is 304 g/mol. The van der Waals surface area contributed by atoms with Crippen LogP contribution in [0.3, 0.4) is 0 Å². The van der Waals surface area contributed by atoms with Gasteiger partial charge < -0.3 is 19.3 Å². The predicted molar refractivity (Wildman–Crippen MR) is 77.7 cm³/mol. The van der Waals surface area contributed by atoms with Crippen LogP contribution in [-0.4, -0.2) is 30.2 Å². The number of carbonyl (C=O) groups is 2. The van der Waals surface area contributed by atoms with Crippen LogP contribution in [0.1, 0.15) is 23.0 Å². The molecule has 0 fully saturated rings. The molecule has 0 aliphatic heterocycles. The van der Waals surface area contributed by atoms with Crippen molar-refractivity contribution in [2.24, 2.45) is 0 Å². The molecule has 1 heterocycles. The average Bonchev–Trinajstić information content (AvgIpc) is 2.92. The van der Waals surface area contributed by atoms with E-state index < -0.39 is 18.0 Å². The summed E-state index contributed by atoms with van der Waals surface area (Å²) in [7, 11) is 1.53. The number of rotatable bonds is 5. The van der Waals surface area contributed by atoms with Gasteiger partial charge in [0.15, 0.2) is 11.9 Å². The van der Waals surface area contributed by atoms with Crippen molar-refractivity contribution in [3.8, 4) is 5.75 Å². The first-order chi connectivity index (χ1) is 10.5. The first kappa shape index (κ1) is 15.6. The molecule has 1 N–H and O–H groups in total. The Bertz CT molecular complexity index is 663. The molecule has 0 aliphatic rings. The predicted octanol–water partition coefficient (Wildman–Crippen LogP) is 2.18. The molecular weight excluding hydrogens is 288 g/mol. The van der Waals surface area contributed by atoms with Crippen molar-refractivity contribution in [3.05, 3.63) is 41.7 Å². The summed E-state index contributed by atoms with van der Waals surface area (Å²) in [6.07, 6.45) is -0.966. The van der Waals surface area contributed by atoms with Crippen LogP contribution >= 0.6 is 0 Å². The minimum Gasteiger partial charge on any atom is -0.497 e. The zero-order chi connectivity index (χ0) is 16.1. The third-order valence-corrected chi connectivity index (χ3v) is 2.86. The highest BCUT2D eigenvalue weighted by Crippen LogP contribution is 2.13. The number of aryl methyl sites for hydroxylation is 1. The van der Waals surface area contributed by atoms with Gasteiger partial charge in [0.25, 0.3) is 5.91 Å². The molecule has 0 bridgehead atoms. The molecule has 7 nitrogen and oxygen atoms in total. The number of esters is 1. The molecule has 0 unspecified atom stereocenters. The lowest BCUT2D eigenvalue weighted by molar-refractivity contribution is -0.123. The fraction of sp³-hybridized carbons (Fsp3) is 0.267. The van der Waals surface area contributed by atoms with Crippen LogP contribution < -0.4 is 10.1 Å². The van der Waals surface area contributed by atoms with Gasteiger partial charge in [-0.2, -0.15) is 0 Å². The summed E-state index contributed by atoms with van der Waals surface area (Å²) < 4.78 is 14.9. The normalized spacial score (nSPS) is 11.6. The number of aromatic nitrogens is 1. The second-order valence-corrected chi connectivity index (χ2v) is 4.59. The summed E-state index contributed by atoms with van der Waals surface area (Å²) in [5.41, 5.74) is 0.331. The minimum absolute atomic E-state index is 0.273. The van der Waals surface area contributed by atoms with Crippen molar-refractivity contribution in [2.75, 3.05) is 12.4 Å². The molecule has 1 atom stereocenters. The van der Waals surface area contributed by atoms with Gasteiger partial charge in [-0.05, 0) is 38.1 Å². The van der Waals surface area contributed by atoms with Crippen molar-refractivity contribution in [1.82, 2.24) is 5.16 Å². The van der Waals surface area contributed by atoms with Gasteiger partial charge in [0.2, 0.25) is 0 Å². The van der Waals surface area contributed by atoms with Crippen LogP contribution in [0.25, 0.3) is 0 Å². The Morgan fingerprint density at radius 2 is 1.95 bits per heavy atom. The third-order valence-electron chi connectivity index (χ3n) is 2.86. The highest BCUT2D eigenvalue weighted by atomic mass is 16.5. The second-order valence-electron chi connectivity index (χ2n) is 4.59. The van der Waals surface area contributed by atoms with E-state index in [2.05, 4.69) is 10.5 Å². The maximum atomic E-state index is 11.9. The lowest BCUT2D eigenvalue weighted by atomic mass is 10.2. The quantitative estimate of drug-likeness (QED) is 0.851. The van der Waals surface area contributed by atoms with Crippen LogP contribution in [0, 0.1) is 6.92 Å². The number of anilines is 1. The van der Waals surface area contributed by atoms with Gasteiger partial charge in [0.05, 0.1) is 12.7 Å². The van der Waals surface area contributed by atoms with E-state index in [-0.39, 0.29) is 5.82 Å². The molecule has 22 heavy (non-hydrogen) atoms. The number of hydrogen-bond acceptors (Lipinski definition) is 6. The number of nitrogens with one attached hydrogen (secondary N) is 1. The number of ether oxygens (including phenoxy) is 2. The van der Waals surface area contributed by atoms with Crippen molar-refractivity contribution < 1.29 is 23.6 Å². The minimum atomic E-state index is -0.966. The van der Waals surface area contributed by atoms with Gasteiger partial charge in [-0.1, -0.05) is 5.16 Å². The Balaban J connectivity index is 1.93. The highest BCUT2D eigenvalue weighted by Gasteiger charge is 2.20. The average molecular weight is 304 g/mol. The summed E-state index contributed by atoms with van der Waals surface area (Å²) in [6.45, 7) is 3.18. The maximum absolute atomic E-state index is 11.9. The zero-order valence-corrected chi connectivity index (χ0v) is 12.5. The summed E-state index contributed by atoms with van der Waals surface area (Å²) in [6, 6.07) is 7.97. The van der Waals surface area contributed by atoms with E-state index in [0.29, 0.717) is 17.1 Å². The summed E-state index contributed by atoms with van der Waals surface area (Å²) in [4.78, 5) is 23.8. The van der Waals surface area contributed by atoms with E-state index in [1.54, 1.807) is 37.3 Å². The zero-order valence-electron chi connectivity index (χ0n) is 12.5. The van der Waals surface area contributed by atoms with Gasteiger partial charge in [-0.15, -0.1) is 0 Å². The number of amides is 1. The summed E-state index contributed by atoms with van der Waals surface area (Å²) >= 11 is 0. The molecule has 2 rings (SSSR count). The van der Waals surface area contributed by atoms with E-state index >= 15 is 0 Å². The van der Waals surface area contributed by atoms with E-state index in [1.165, 1.54) is 14.0 Å². The second kappa shape index (κ2) is 6.75. The lowest BCUT2D eigenvalue weighted by Crippen LogP contribution is -2.30. The van der Waals surface area contributed by atoms with Crippen LogP contribution in [-0.2, 0) is 9.53 Å². The van der Waals surface area contributed by atoms with Crippen LogP contribution in [0.2, 0.25) is 0 Å². The van der Waals surface area contributed by atoms with Gasteiger partial charge in [-0.3, -0.25) is 4.79 Å². The van der Waals surface area contributed by atoms with E-state index in [0.717, 1.165) is 0 Å². The number of methoxy groups -OCH3 is 1. The Kier molecular flexibility index (Phi) is 4.77. The van der Waals surface area contributed by atoms with Crippen molar-refractivity contribution in [1.29, 1.82) is 0 Å². The Morgan fingerprint density at radius 3 is 2.50 bits per heavy atom. The molecule has 116 valence electrons. The standard InChI is InChI=1S/C15H16N2O5/c1-9-8-13(17-22-9)16-14(18)10(2)21-15(19)11-4-6-12(20-3)7-5-11/h4-8,10H,1-3H3,(H,16,17,18)/t10-/m1/s1. The van der Waals surface area contributed by atoms with Crippen LogP contribution in [0.5, 0.6) is 5.75 Å². The lowest BCUT2D eigenvalue weighted by Gasteiger charge is -2.12. The molecular formula is C15H16N2O5. The van der Waals surface area contributed by atoms with E-state index in [4.69, 9.17) is 14.0 Å². The first-order valence-electron chi connectivity index (χ1n) is 6.59. The summed E-state index contributed by atoms with van der Waals surface area (Å²) in [5.74, 6) is 0.383. The molecule has 2 aromatic rings. The van der Waals surface area contributed by atoms with Crippen molar-refractivity contribution in [2.45, 2.75) is 20.0 Å². The molecule has 0 aliphatic carbocycles. The molecule has 0 radical (unpaired) electrons. The molecule has 1 aromatic heterocycles. The van der Waals surface area contributed by atoms with E-state index in [1.807, 2.05) is 0 Å². The SMILES string of the molecule is COc1ccc(C(=O)O[C@H](C)C(=O)Nc2cc(C)on2)cc1. The van der Waals surface area contributed by atoms with Crippen molar-refractivity contribution >= 4 is 17.7 Å². The molecule has 0 spiro atoms. The highest BCUT2D eigenvalue weighted by molar-refractivity contribution is 5.96. The molecule has 0 saturated carbocycles. The van der Waals surface area contributed by atoms with Gasteiger partial charge >= 0.3 is 5.97 Å². The number of carbonyl (C=O) groups excluding carboxylic acids is 2. The maximum Gasteiger partial charge on any atom is 0.338 e. The number of nitrogens with zero attached hydrogens (tertiary/aromatic N) is 1. The Hall–Kier alpha value is -2.83. The Morgan fingerprint density at radius 1 is 1.27 bits per heavy atom. The number of benzene rings is 1.